The minimum absolute atomic E-state index is 0.0892. The van der Waals surface area contributed by atoms with Gasteiger partial charge in [-0.1, -0.05) is 249 Å². The minimum Gasteiger partial charge on any atom is -0.457 e. The van der Waals surface area contributed by atoms with E-state index >= 15 is 0 Å². The standard InChI is InChI=1S/C58H110NO7P/c1-6-8-10-12-14-16-18-20-22-24-26-28-29-30-31-32-33-35-37-39-41-43-45-47-49-51-58(60)66-57(56-65-67(61,62)64-54-52-59(3,4)5)55-63-53-50-48-46-44-42-40-38-36-34-27-25-23-21-19-17-15-13-11-9-7-2/h8,10,14,16,20,22,26,28,57H,6-7,9,11-13,15,17-19,21,23-25,27,29-56H2,1-5H3/p+1/b10-8-,16-14-,22-20-,28-26-. The third-order valence-electron chi connectivity index (χ3n) is 12.4. The maximum Gasteiger partial charge on any atom is 0.472 e. The molecule has 0 aliphatic heterocycles. The van der Waals surface area contributed by atoms with Crippen LogP contribution in [-0.2, 0) is 27.9 Å². The Morgan fingerprint density at radius 2 is 0.866 bits per heavy atom. The van der Waals surface area contributed by atoms with Crippen molar-refractivity contribution in [3.63, 3.8) is 0 Å². The van der Waals surface area contributed by atoms with Crippen LogP contribution in [0.1, 0.15) is 258 Å². The molecular weight excluding hydrogens is 854 g/mol. The molecule has 0 radical (unpaired) electrons. The van der Waals surface area contributed by atoms with Crippen molar-refractivity contribution in [1.82, 2.24) is 0 Å². The summed E-state index contributed by atoms with van der Waals surface area (Å²) < 4.78 is 35.3. The molecule has 0 saturated carbocycles. The van der Waals surface area contributed by atoms with Crippen molar-refractivity contribution >= 4 is 13.8 Å². The number of unbranched alkanes of at least 4 members (excludes halogenated alkanes) is 31. The van der Waals surface area contributed by atoms with Crippen LogP contribution in [0.5, 0.6) is 0 Å². The van der Waals surface area contributed by atoms with Crippen LogP contribution in [0.2, 0.25) is 0 Å². The maximum absolute atomic E-state index is 12.8. The number of ether oxygens (including phenoxy) is 2. The molecule has 0 heterocycles. The lowest BCUT2D eigenvalue weighted by molar-refractivity contribution is -0.870. The zero-order chi connectivity index (χ0) is 49.0. The van der Waals surface area contributed by atoms with E-state index in [4.69, 9.17) is 18.5 Å². The molecule has 2 unspecified atom stereocenters. The number of phosphoric ester groups is 1. The second kappa shape index (κ2) is 50.8. The number of nitrogens with zero attached hydrogens (tertiary/aromatic N) is 1. The number of quaternary nitrogens is 1. The summed E-state index contributed by atoms with van der Waals surface area (Å²) in [6.45, 7) is 5.56. The summed E-state index contributed by atoms with van der Waals surface area (Å²) in [5, 5.41) is 0. The Morgan fingerprint density at radius 1 is 0.478 bits per heavy atom. The minimum atomic E-state index is -4.28. The summed E-state index contributed by atoms with van der Waals surface area (Å²) in [5.74, 6) is -0.312. The summed E-state index contributed by atoms with van der Waals surface area (Å²) in [6, 6.07) is 0. The smallest absolute Gasteiger partial charge is 0.457 e. The Balaban J connectivity index is 4.06. The van der Waals surface area contributed by atoms with E-state index in [0.29, 0.717) is 24.1 Å². The van der Waals surface area contributed by atoms with E-state index in [2.05, 4.69) is 62.5 Å². The quantitative estimate of drug-likeness (QED) is 0.0213. The van der Waals surface area contributed by atoms with Crippen molar-refractivity contribution in [3.05, 3.63) is 48.6 Å². The molecule has 8 nitrogen and oxygen atoms in total. The first-order valence-electron chi connectivity index (χ1n) is 28.4. The van der Waals surface area contributed by atoms with Crippen LogP contribution >= 0.6 is 7.82 Å². The first kappa shape index (κ1) is 65.5. The zero-order valence-electron chi connectivity index (χ0n) is 44.9. The Labute approximate surface area is 416 Å². The van der Waals surface area contributed by atoms with Crippen molar-refractivity contribution in [3.8, 4) is 0 Å². The fourth-order valence-electron chi connectivity index (χ4n) is 8.08. The molecule has 0 rings (SSSR count). The van der Waals surface area contributed by atoms with E-state index in [1.54, 1.807) is 0 Å². The van der Waals surface area contributed by atoms with Gasteiger partial charge in [-0.2, -0.15) is 0 Å². The van der Waals surface area contributed by atoms with Gasteiger partial charge in [-0.15, -0.1) is 0 Å². The van der Waals surface area contributed by atoms with Gasteiger partial charge in [-0.3, -0.25) is 13.8 Å². The molecule has 394 valence electrons. The molecule has 9 heteroatoms. The van der Waals surface area contributed by atoms with Gasteiger partial charge in [0.2, 0.25) is 0 Å². The van der Waals surface area contributed by atoms with E-state index < -0.39 is 13.9 Å². The van der Waals surface area contributed by atoms with Crippen LogP contribution in [0, 0.1) is 0 Å². The fourth-order valence-corrected chi connectivity index (χ4v) is 8.82. The van der Waals surface area contributed by atoms with Gasteiger partial charge in [0, 0.05) is 13.0 Å². The monoisotopic (exact) mass is 965 g/mol. The second-order valence-corrected chi connectivity index (χ2v) is 21.8. The van der Waals surface area contributed by atoms with E-state index in [9.17, 15) is 14.3 Å². The number of esters is 1. The van der Waals surface area contributed by atoms with Crippen LogP contribution in [-0.4, -0.2) is 75.6 Å². The first-order chi connectivity index (χ1) is 32.6. The molecule has 0 aliphatic rings. The first-order valence-corrected chi connectivity index (χ1v) is 29.9. The molecule has 0 saturated heterocycles. The lowest BCUT2D eigenvalue weighted by atomic mass is 10.0. The van der Waals surface area contributed by atoms with Crippen LogP contribution in [0.15, 0.2) is 48.6 Å². The molecule has 0 aromatic carbocycles. The number of carbonyl (C=O) groups excluding carboxylic acids is 1. The molecule has 0 amide bonds. The van der Waals surface area contributed by atoms with Gasteiger partial charge >= 0.3 is 13.8 Å². The predicted octanol–water partition coefficient (Wildman–Crippen LogP) is 17.8. The molecule has 1 N–H and O–H groups in total. The highest BCUT2D eigenvalue weighted by Crippen LogP contribution is 2.43. The average Bonchev–Trinajstić information content (AvgIpc) is 3.29. The number of likely N-dealkylation sites (N-methyl/N-ethyl adjacent to an activating group) is 1. The summed E-state index contributed by atoms with van der Waals surface area (Å²) in [4.78, 5) is 23.1. The van der Waals surface area contributed by atoms with Gasteiger partial charge in [0.1, 0.15) is 19.3 Å². The number of rotatable bonds is 53. The SMILES string of the molecule is CC/C=C\C/C=C\C/C=C\C/C=C\CCCCCCCCCCCCCCC(=O)OC(COCCCCCCCCCCCCCCCCCCCCCC)COP(=O)(O)OCC[N+](C)(C)C. The van der Waals surface area contributed by atoms with E-state index in [0.717, 1.165) is 57.8 Å². The average molecular weight is 965 g/mol. The predicted molar refractivity (Wildman–Crippen MR) is 289 cm³/mol. The van der Waals surface area contributed by atoms with Gasteiger partial charge in [0.15, 0.2) is 0 Å². The number of carbonyl (C=O) groups is 1. The Hall–Kier alpha value is -1.54. The summed E-state index contributed by atoms with van der Waals surface area (Å²) in [5.41, 5.74) is 0. The molecule has 0 aromatic heterocycles. The maximum atomic E-state index is 12.8. The molecule has 0 aromatic rings. The highest BCUT2D eigenvalue weighted by molar-refractivity contribution is 7.47. The highest BCUT2D eigenvalue weighted by atomic mass is 31.2. The Morgan fingerprint density at radius 3 is 1.30 bits per heavy atom. The lowest BCUT2D eigenvalue weighted by Gasteiger charge is -2.24. The van der Waals surface area contributed by atoms with Crippen molar-refractivity contribution in [2.24, 2.45) is 0 Å². The van der Waals surface area contributed by atoms with E-state index in [1.807, 2.05) is 21.1 Å². The van der Waals surface area contributed by atoms with Crippen LogP contribution in [0.25, 0.3) is 0 Å². The van der Waals surface area contributed by atoms with Crippen LogP contribution in [0.4, 0.5) is 0 Å². The van der Waals surface area contributed by atoms with Gasteiger partial charge in [-0.25, -0.2) is 4.57 Å². The summed E-state index contributed by atoms with van der Waals surface area (Å²) in [6.07, 6.45) is 64.5. The fraction of sp³-hybridized carbons (Fsp3) is 0.845. The molecule has 0 fully saturated rings. The zero-order valence-corrected chi connectivity index (χ0v) is 45.8. The molecule has 2 atom stereocenters. The largest absolute Gasteiger partial charge is 0.472 e. The lowest BCUT2D eigenvalue weighted by Crippen LogP contribution is -2.37. The molecule has 0 spiro atoms. The summed E-state index contributed by atoms with van der Waals surface area (Å²) >= 11 is 0. The molecule has 67 heavy (non-hydrogen) atoms. The van der Waals surface area contributed by atoms with Gasteiger partial charge in [0.05, 0.1) is 34.4 Å². The summed E-state index contributed by atoms with van der Waals surface area (Å²) in [7, 11) is 1.68. The Kier molecular flexibility index (Phi) is 49.7. The number of hydrogen-bond donors (Lipinski definition) is 1. The topological polar surface area (TPSA) is 91.3 Å². The van der Waals surface area contributed by atoms with Gasteiger partial charge < -0.3 is 18.9 Å². The number of phosphoric acid groups is 1. The molecule has 0 bridgehead atoms. The second-order valence-electron chi connectivity index (χ2n) is 20.3. The molecular formula is C58H111NO7P+. The van der Waals surface area contributed by atoms with Crippen molar-refractivity contribution in [2.45, 2.75) is 264 Å². The van der Waals surface area contributed by atoms with E-state index in [-0.39, 0.29) is 25.8 Å². The van der Waals surface area contributed by atoms with Gasteiger partial charge in [0.25, 0.3) is 0 Å². The number of hydrogen-bond acceptors (Lipinski definition) is 6. The van der Waals surface area contributed by atoms with Crippen LogP contribution in [0.3, 0.4) is 0 Å². The van der Waals surface area contributed by atoms with Crippen LogP contribution < -0.4 is 0 Å². The highest BCUT2D eigenvalue weighted by Gasteiger charge is 2.26. The van der Waals surface area contributed by atoms with Gasteiger partial charge in [-0.05, 0) is 51.4 Å². The van der Waals surface area contributed by atoms with Crippen molar-refractivity contribution < 1.29 is 37.3 Å². The Bertz CT molecular complexity index is 1210. The van der Waals surface area contributed by atoms with Crippen molar-refractivity contribution in [1.29, 1.82) is 0 Å². The third kappa shape index (κ3) is 55.3. The molecule has 0 aliphatic carbocycles. The van der Waals surface area contributed by atoms with Crippen molar-refractivity contribution in [2.75, 3.05) is 54.1 Å². The normalized spacial score (nSPS) is 13.8. The number of allylic oxidation sites excluding steroid dienone is 8. The third-order valence-corrected chi connectivity index (χ3v) is 13.4. The van der Waals surface area contributed by atoms with E-state index in [1.165, 1.54) is 180 Å².